The molecule has 4 heteroatoms. The molecule has 2 atom stereocenters. The Morgan fingerprint density at radius 3 is 2.44 bits per heavy atom. The monoisotopic (exact) mass is 374 g/mol. The van der Waals surface area contributed by atoms with E-state index in [4.69, 9.17) is 14.2 Å². The first kappa shape index (κ1) is 20.3. The molecule has 1 saturated heterocycles. The van der Waals surface area contributed by atoms with Crippen LogP contribution in [0.2, 0.25) is 0 Å². The van der Waals surface area contributed by atoms with Crippen LogP contribution in [0.1, 0.15) is 71.3 Å². The second-order valence-corrected chi connectivity index (χ2v) is 9.19. The van der Waals surface area contributed by atoms with Gasteiger partial charge in [0.1, 0.15) is 0 Å². The molecular weight excluding hydrogens is 340 g/mol. The van der Waals surface area contributed by atoms with Gasteiger partial charge in [-0.05, 0) is 30.2 Å². The summed E-state index contributed by atoms with van der Waals surface area (Å²) in [5, 5.41) is 0. The summed E-state index contributed by atoms with van der Waals surface area (Å²) in [4.78, 5) is 12.0. The zero-order chi connectivity index (χ0) is 19.3. The SMILES string of the molecule is CC(C)(C)CCC(=O)OCCC1OC2(CCCC2)OC1Cc1ccccc1. The van der Waals surface area contributed by atoms with E-state index in [0.717, 1.165) is 38.5 Å². The third-order valence-electron chi connectivity index (χ3n) is 5.54. The number of esters is 1. The normalized spacial score (nSPS) is 24.4. The van der Waals surface area contributed by atoms with Gasteiger partial charge in [-0.2, -0.15) is 0 Å². The molecule has 0 bridgehead atoms. The average Bonchev–Trinajstić information content (AvgIpc) is 3.20. The summed E-state index contributed by atoms with van der Waals surface area (Å²) in [5.41, 5.74) is 1.41. The predicted octanol–water partition coefficient (Wildman–Crippen LogP) is 5.04. The maximum Gasteiger partial charge on any atom is 0.305 e. The zero-order valence-electron chi connectivity index (χ0n) is 17.0. The van der Waals surface area contributed by atoms with Crippen LogP contribution in [0.3, 0.4) is 0 Å². The highest BCUT2D eigenvalue weighted by Gasteiger charge is 2.48. The summed E-state index contributed by atoms with van der Waals surface area (Å²) >= 11 is 0. The van der Waals surface area contributed by atoms with Gasteiger partial charge in [0.05, 0.1) is 18.8 Å². The van der Waals surface area contributed by atoms with E-state index in [0.29, 0.717) is 19.4 Å². The second-order valence-electron chi connectivity index (χ2n) is 9.19. The molecular formula is C23H34O4. The molecule has 0 aromatic heterocycles. The lowest BCUT2D eigenvalue weighted by molar-refractivity contribution is -0.170. The molecule has 1 aromatic carbocycles. The van der Waals surface area contributed by atoms with E-state index in [2.05, 4.69) is 45.0 Å². The number of carbonyl (C=O) groups excluding carboxylic acids is 1. The number of rotatable bonds is 7. The van der Waals surface area contributed by atoms with E-state index in [1.54, 1.807) is 0 Å². The van der Waals surface area contributed by atoms with Crippen molar-refractivity contribution in [2.75, 3.05) is 6.61 Å². The first-order valence-electron chi connectivity index (χ1n) is 10.4. The Labute approximate surface area is 163 Å². The Bertz CT molecular complexity index is 599. The maximum absolute atomic E-state index is 12.0. The fraction of sp³-hybridized carbons (Fsp3) is 0.696. The van der Waals surface area contributed by atoms with E-state index in [9.17, 15) is 4.79 Å². The number of benzene rings is 1. The third kappa shape index (κ3) is 6.05. The van der Waals surface area contributed by atoms with Crippen molar-refractivity contribution in [2.24, 2.45) is 5.41 Å². The van der Waals surface area contributed by atoms with Crippen LogP contribution in [0.5, 0.6) is 0 Å². The standard InChI is InChI=1S/C23H34O4/c1-22(2,3)15-11-21(24)25-16-12-19-20(17-18-9-5-4-6-10-18)27-23(26-19)13-7-8-14-23/h4-6,9-10,19-20H,7-8,11-17H2,1-3H3. The highest BCUT2D eigenvalue weighted by molar-refractivity contribution is 5.69. The molecule has 150 valence electrons. The van der Waals surface area contributed by atoms with Gasteiger partial charge in [-0.3, -0.25) is 4.79 Å². The van der Waals surface area contributed by atoms with Crippen molar-refractivity contribution in [3.63, 3.8) is 0 Å². The van der Waals surface area contributed by atoms with E-state index < -0.39 is 5.79 Å². The topological polar surface area (TPSA) is 44.8 Å². The van der Waals surface area contributed by atoms with Gasteiger partial charge in [0.15, 0.2) is 5.79 Å². The van der Waals surface area contributed by atoms with Gasteiger partial charge >= 0.3 is 5.97 Å². The molecule has 2 fully saturated rings. The quantitative estimate of drug-likeness (QED) is 0.627. The molecule has 0 N–H and O–H groups in total. The molecule has 1 aromatic rings. The van der Waals surface area contributed by atoms with Crippen LogP contribution in [0.4, 0.5) is 0 Å². The van der Waals surface area contributed by atoms with E-state index in [1.165, 1.54) is 5.56 Å². The summed E-state index contributed by atoms with van der Waals surface area (Å²) in [5.74, 6) is -0.514. The van der Waals surface area contributed by atoms with Crippen molar-refractivity contribution in [1.82, 2.24) is 0 Å². The molecule has 27 heavy (non-hydrogen) atoms. The number of hydrogen-bond donors (Lipinski definition) is 0. The minimum Gasteiger partial charge on any atom is -0.466 e. The first-order valence-corrected chi connectivity index (χ1v) is 10.4. The number of carbonyl (C=O) groups is 1. The highest BCUT2D eigenvalue weighted by Crippen LogP contribution is 2.43. The maximum atomic E-state index is 12.0. The Morgan fingerprint density at radius 1 is 1.11 bits per heavy atom. The average molecular weight is 375 g/mol. The minimum absolute atomic E-state index is 0.0151. The number of ether oxygens (including phenoxy) is 3. The molecule has 2 unspecified atom stereocenters. The van der Waals surface area contributed by atoms with Crippen LogP contribution in [0, 0.1) is 5.41 Å². The lowest BCUT2D eigenvalue weighted by atomic mass is 9.91. The van der Waals surface area contributed by atoms with E-state index in [1.807, 2.05) is 6.07 Å². The smallest absolute Gasteiger partial charge is 0.305 e. The lowest BCUT2D eigenvalue weighted by Crippen LogP contribution is -2.27. The van der Waals surface area contributed by atoms with Crippen LogP contribution < -0.4 is 0 Å². The third-order valence-corrected chi connectivity index (χ3v) is 5.54. The summed E-state index contributed by atoms with van der Waals surface area (Å²) < 4.78 is 18.3. The van der Waals surface area contributed by atoms with E-state index in [-0.39, 0.29) is 23.6 Å². The first-order chi connectivity index (χ1) is 12.9. The van der Waals surface area contributed by atoms with Crippen LogP contribution >= 0.6 is 0 Å². The summed E-state index contributed by atoms with van der Waals surface area (Å²) in [7, 11) is 0. The van der Waals surface area contributed by atoms with Gasteiger partial charge in [-0.15, -0.1) is 0 Å². The van der Waals surface area contributed by atoms with Gasteiger partial charge in [0, 0.05) is 32.1 Å². The summed E-state index contributed by atoms with van der Waals surface area (Å²) in [6, 6.07) is 10.4. The molecule has 4 nitrogen and oxygen atoms in total. The molecule has 1 aliphatic heterocycles. The van der Waals surface area contributed by atoms with Crippen molar-refractivity contribution in [3.05, 3.63) is 35.9 Å². The molecule has 1 spiro atoms. The zero-order valence-corrected chi connectivity index (χ0v) is 17.0. The highest BCUT2D eigenvalue weighted by atomic mass is 16.8. The molecule has 3 rings (SSSR count). The van der Waals surface area contributed by atoms with Gasteiger partial charge in [0.2, 0.25) is 0 Å². The Morgan fingerprint density at radius 2 is 1.78 bits per heavy atom. The number of hydrogen-bond acceptors (Lipinski definition) is 4. The fourth-order valence-electron chi connectivity index (χ4n) is 3.98. The van der Waals surface area contributed by atoms with Crippen molar-refractivity contribution < 1.29 is 19.0 Å². The van der Waals surface area contributed by atoms with Gasteiger partial charge in [-0.25, -0.2) is 0 Å². The minimum atomic E-state index is -0.402. The van der Waals surface area contributed by atoms with Crippen molar-refractivity contribution in [2.45, 2.75) is 90.1 Å². The molecule has 0 radical (unpaired) electrons. The largest absolute Gasteiger partial charge is 0.466 e. The second kappa shape index (κ2) is 8.74. The Hall–Kier alpha value is -1.39. The molecule has 0 amide bonds. The summed E-state index contributed by atoms with van der Waals surface area (Å²) in [6.07, 6.45) is 7.13. The van der Waals surface area contributed by atoms with Crippen LogP contribution in [-0.4, -0.2) is 30.6 Å². The molecule has 1 aliphatic carbocycles. The molecule has 1 heterocycles. The fourth-order valence-corrected chi connectivity index (χ4v) is 3.98. The van der Waals surface area contributed by atoms with Crippen LogP contribution in [0.15, 0.2) is 30.3 Å². The summed E-state index contributed by atoms with van der Waals surface area (Å²) in [6.45, 7) is 6.82. The van der Waals surface area contributed by atoms with Gasteiger partial charge in [-0.1, -0.05) is 51.1 Å². The Balaban J connectivity index is 1.52. The van der Waals surface area contributed by atoms with Crippen molar-refractivity contribution in [1.29, 1.82) is 0 Å². The van der Waals surface area contributed by atoms with E-state index >= 15 is 0 Å². The van der Waals surface area contributed by atoms with Crippen LogP contribution in [-0.2, 0) is 25.4 Å². The van der Waals surface area contributed by atoms with Gasteiger partial charge in [0.25, 0.3) is 0 Å². The van der Waals surface area contributed by atoms with Crippen molar-refractivity contribution in [3.8, 4) is 0 Å². The predicted molar refractivity (Wildman–Crippen MR) is 105 cm³/mol. The molecule has 1 saturated carbocycles. The lowest BCUT2D eigenvalue weighted by Gasteiger charge is -2.22. The van der Waals surface area contributed by atoms with Crippen LogP contribution in [0.25, 0.3) is 0 Å². The molecule has 2 aliphatic rings. The Kier molecular flexibility index (Phi) is 6.59. The van der Waals surface area contributed by atoms with Crippen molar-refractivity contribution >= 4 is 5.97 Å². The van der Waals surface area contributed by atoms with Gasteiger partial charge < -0.3 is 14.2 Å².